The average Bonchev–Trinajstić information content (AvgIpc) is 3.70. The number of nitrogens with one attached hydrogen (secondary N) is 3. The maximum Gasteiger partial charge on any atom is 0.256 e. The summed E-state index contributed by atoms with van der Waals surface area (Å²) in [6, 6.07) is 5.65. The van der Waals surface area contributed by atoms with Crippen molar-refractivity contribution in [2.45, 2.75) is 59.3 Å². The summed E-state index contributed by atoms with van der Waals surface area (Å²) in [6.07, 6.45) is 6.47. The molecule has 0 spiro atoms. The van der Waals surface area contributed by atoms with E-state index in [0.717, 1.165) is 78.1 Å². The van der Waals surface area contributed by atoms with Gasteiger partial charge in [-0.3, -0.25) is 9.59 Å². The maximum atomic E-state index is 13.0. The molecule has 4 heterocycles. The summed E-state index contributed by atoms with van der Waals surface area (Å²) in [5, 5.41) is 6.18. The van der Waals surface area contributed by atoms with Gasteiger partial charge < -0.3 is 25.3 Å². The number of carbonyl (C=O) groups excluding carboxylic acids is 2. The molecule has 35 heavy (non-hydrogen) atoms. The molecule has 7 nitrogen and oxygen atoms in total. The Morgan fingerprint density at radius 1 is 1.03 bits per heavy atom. The van der Waals surface area contributed by atoms with Crippen LogP contribution in [0, 0.1) is 6.92 Å². The highest BCUT2D eigenvalue weighted by atomic mass is 16.5. The first-order chi connectivity index (χ1) is 17.1. The summed E-state index contributed by atoms with van der Waals surface area (Å²) in [5.74, 6) is 0.747. The molecule has 188 valence electrons. The fraction of sp³-hybridized carbons (Fsp3) is 0.500. The highest BCUT2D eigenvalue weighted by Gasteiger charge is 2.35. The van der Waals surface area contributed by atoms with E-state index in [9.17, 15) is 9.59 Å². The van der Waals surface area contributed by atoms with Gasteiger partial charge in [-0.15, -0.1) is 0 Å². The third-order valence-corrected chi connectivity index (χ3v) is 7.06. The second-order valence-corrected chi connectivity index (χ2v) is 9.15. The smallest absolute Gasteiger partial charge is 0.256 e. The van der Waals surface area contributed by atoms with Crippen LogP contribution in [0.4, 0.5) is 5.69 Å². The number of benzene rings is 1. The number of fused-ring (bicyclic) bond motifs is 2. The van der Waals surface area contributed by atoms with Crippen LogP contribution in [0.3, 0.4) is 0 Å². The third-order valence-electron chi connectivity index (χ3n) is 7.06. The van der Waals surface area contributed by atoms with Crippen molar-refractivity contribution in [2.75, 3.05) is 38.6 Å². The number of methoxy groups -OCH3 is 1. The molecule has 4 aliphatic rings. The molecule has 3 N–H and O–H groups in total. The second-order valence-electron chi connectivity index (χ2n) is 9.15. The number of ether oxygens (including phenoxy) is 1. The number of hydrogen-bond donors (Lipinski definition) is 3. The van der Waals surface area contributed by atoms with Gasteiger partial charge in [0, 0.05) is 36.1 Å². The van der Waals surface area contributed by atoms with Gasteiger partial charge in [0.25, 0.3) is 11.8 Å². The van der Waals surface area contributed by atoms with Gasteiger partial charge in [0.2, 0.25) is 0 Å². The van der Waals surface area contributed by atoms with Crippen molar-refractivity contribution in [3.8, 4) is 5.75 Å². The quantitative estimate of drug-likeness (QED) is 0.543. The van der Waals surface area contributed by atoms with E-state index in [2.05, 4.69) is 15.6 Å². The number of rotatable bonds is 2. The Kier molecular flexibility index (Phi) is 7.96. The Bertz CT molecular complexity index is 1110. The van der Waals surface area contributed by atoms with Crippen molar-refractivity contribution in [1.29, 1.82) is 0 Å². The minimum Gasteiger partial charge on any atom is -0.497 e. The van der Waals surface area contributed by atoms with Gasteiger partial charge in [-0.05, 0) is 81.8 Å². The number of carbonyl (C=O) groups is 2. The van der Waals surface area contributed by atoms with Crippen LogP contribution in [0.15, 0.2) is 18.2 Å². The molecule has 1 aromatic heterocycles. The highest BCUT2D eigenvalue weighted by Crippen LogP contribution is 2.45. The zero-order chi connectivity index (χ0) is 24.9. The van der Waals surface area contributed by atoms with Crippen LogP contribution in [-0.4, -0.2) is 55.0 Å². The van der Waals surface area contributed by atoms with Crippen LogP contribution in [0.1, 0.15) is 78.8 Å². The minimum absolute atomic E-state index is 0.0919. The summed E-state index contributed by atoms with van der Waals surface area (Å²) < 4.78 is 5.27. The molecule has 3 aliphatic heterocycles. The standard InChI is InChI=1S/C22H23N3O3.C4H9N.C2H6/c1-12-18(22(27)25-9-3-4-10-25)15-7-8-16(20(15)23-12)19-14-6-5-13(28-2)11-17(14)24-21(19)26;1-2-4-5-3-1;1-2/h5-6,11,23H,3-4,7-10H2,1-2H3,(H,24,26);5H,1-4H2;1-2H3/b19-16-;;. The number of amides is 2. The van der Waals surface area contributed by atoms with Gasteiger partial charge in [0.05, 0.1) is 23.9 Å². The van der Waals surface area contributed by atoms with Crippen molar-refractivity contribution in [3.63, 3.8) is 0 Å². The number of aromatic amines is 1. The van der Waals surface area contributed by atoms with E-state index in [1.165, 1.54) is 25.9 Å². The molecule has 0 unspecified atom stereocenters. The number of allylic oxidation sites excluding steroid dienone is 1. The van der Waals surface area contributed by atoms with Crippen LogP contribution in [0.2, 0.25) is 0 Å². The Balaban J connectivity index is 0.000000362. The number of aryl methyl sites for hydroxylation is 1. The van der Waals surface area contributed by atoms with Crippen molar-refractivity contribution >= 4 is 28.6 Å². The van der Waals surface area contributed by atoms with E-state index in [1.807, 2.05) is 43.9 Å². The molecule has 0 radical (unpaired) electrons. The molecule has 2 fully saturated rings. The van der Waals surface area contributed by atoms with Gasteiger partial charge in [-0.25, -0.2) is 0 Å². The van der Waals surface area contributed by atoms with Gasteiger partial charge in [-0.2, -0.15) is 0 Å². The van der Waals surface area contributed by atoms with Gasteiger partial charge >= 0.3 is 0 Å². The molecule has 2 saturated heterocycles. The van der Waals surface area contributed by atoms with Crippen LogP contribution in [0.5, 0.6) is 5.75 Å². The van der Waals surface area contributed by atoms with Crippen molar-refractivity contribution in [1.82, 2.24) is 15.2 Å². The normalized spacial score (nSPS) is 19.9. The largest absolute Gasteiger partial charge is 0.497 e. The SMILES string of the molecule is C1CCNC1.CC.COc1ccc2c(c1)NC(=O)/C2=C1/CCc2c1[nH]c(C)c2C(=O)N1CCCC1. The summed E-state index contributed by atoms with van der Waals surface area (Å²) in [4.78, 5) is 31.2. The Morgan fingerprint density at radius 2 is 1.74 bits per heavy atom. The maximum absolute atomic E-state index is 13.0. The van der Waals surface area contributed by atoms with E-state index in [0.29, 0.717) is 11.3 Å². The van der Waals surface area contributed by atoms with Gasteiger partial charge in [-0.1, -0.05) is 13.8 Å². The number of H-pyrrole nitrogens is 1. The summed E-state index contributed by atoms with van der Waals surface area (Å²) in [5.41, 5.74) is 7.09. The number of nitrogens with zero attached hydrogens (tertiary/aromatic N) is 1. The molecule has 0 atom stereocenters. The topological polar surface area (TPSA) is 86.5 Å². The molecule has 1 aliphatic carbocycles. The minimum atomic E-state index is -0.0919. The molecule has 0 saturated carbocycles. The fourth-order valence-corrected chi connectivity index (χ4v) is 5.38. The number of anilines is 1. The Hall–Kier alpha value is -3.06. The predicted molar refractivity (Wildman–Crippen MR) is 141 cm³/mol. The first-order valence-corrected chi connectivity index (χ1v) is 13.0. The second kappa shape index (κ2) is 11.1. The lowest BCUT2D eigenvalue weighted by Crippen LogP contribution is -2.28. The van der Waals surface area contributed by atoms with Crippen molar-refractivity contribution in [3.05, 3.63) is 46.3 Å². The summed E-state index contributed by atoms with van der Waals surface area (Å²) in [7, 11) is 1.61. The summed E-state index contributed by atoms with van der Waals surface area (Å²) in [6.45, 7) is 10.1. The Morgan fingerprint density at radius 3 is 2.37 bits per heavy atom. The first-order valence-electron chi connectivity index (χ1n) is 13.0. The summed E-state index contributed by atoms with van der Waals surface area (Å²) >= 11 is 0. The molecule has 2 aromatic rings. The first kappa shape index (κ1) is 25.0. The monoisotopic (exact) mass is 478 g/mol. The fourth-order valence-electron chi connectivity index (χ4n) is 5.38. The number of hydrogen-bond acceptors (Lipinski definition) is 4. The van der Waals surface area contributed by atoms with E-state index in [1.54, 1.807) is 7.11 Å². The van der Waals surface area contributed by atoms with Crippen LogP contribution < -0.4 is 15.4 Å². The lowest BCUT2D eigenvalue weighted by Gasteiger charge is -2.15. The molecule has 7 heteroatoms. The zero-order valence-electron chi connectivity index (χ0n) is 21.5. The predicted octanol–water partition coefficient (Wildman–Crippen LogP) is 4.77. The van der Waals surface area contributed by atoms with Crippen molar-refractivity contribution in [2.24, 2.45) is 0 Å². The number of aromatic nitrogens is 1. The van der Waals surface area contributed by atoms with E-state index in [4.69, 9.17) is 4.74 Å². The van der Waals surface area contributed by atoms with Crippen LogP contribution >= 0.6 is 0 Å². The van der Waals surface area contributed by atoms with Crippen molar-refractivity contribution < 1.29 is 14.3 Å². The Labute approximate surface area is 208 Å². The van der Waals surface area contributed by atoms with Crippen LogP contribution in [0.25, 0.3) is 11.1 Å². The molecule has 6 rings (SSSR count). The average molecular weight is 479 g/mol. The molecular weight excluding hydrogens is 440 g/mol. The van der Waals surface area contributed by atoms with E-state index >= 15 is 0 Å². The van der Waals surface area contributed by atoms with E-state index < -0.39 is 0 Å². The zero-order valence-corrected chi connectivity index (χ0v) is 21.5. The lowest BCUT2D eigenvalue weighted by atomic mass is 9.99. The molecular formula is C28H38N4O3. The number of likely N-dealkylation sites (tertiary alicyclic amines) is 1. The molecule has 2 amide bonds. The van der Waals surface area contributed by atoms with Crippen LogP contribution in [-0.2, 0) is 11.2 Å². The molecule has 0 bridgehead atoms. The van der Waals surface area contributed by atoms with E-state index in [-0.39, 0.29) is 11.8 Å². The molecule has 1 aromatic carbocycles. The highest BCUT2D eigenvalue weighted by molar-refractivity contribution is 6.37. The van der Waals surface area contributed by atoms with Gasteiger partial charge in [0.15, 0.2) is 0 Å². The lowest BCUT2D eigenvalue weighted by molar-refractivity contribution is -0.110. The van der Waals surface area contributed by atoms with Gasteiger partial charge in [0.1, 0.15) is 5.75 Å². The third kappa shape index (κ3) is 4.87.